The van der Waals surface area contributed by atoms with Crippen molar-refractivity contribution in [3.05, 3.63) is 48.7 Å². The van der Waals surface area contributed by atoms with E-state index in [2.05, 4.69) is 40.7 Å². The molecule has 4 N–H and O–H groups in total. The molecule has 3 aromatic rings. The van der Waals surface area contributed by atoms with Gasteiger partial charge < -0.3 is 35.2 Å². The van der Waals surface area contributed by atoms with Crippen LogP contribution in [0.25, 0.3) is 22.0 Å². The van der Waals surface area contributed by atoms with Gasteiger partial charge in [-0.05, 0) is 72.9 Å². The van der Waals surface area contributed by atoms with Gasteiger partial charge in [0.1, 0.15) is 24.2 Å². The Morgan fingerprint density at radius 3 is 1.70 bits per heavy atom. The van der Waals surface area contributed by atoms with Crippen molar-refractivity contribution in [2.75, 3.05) is 37.9 Å². The summed E-state index contributed by atoms with van der Waals surface area (Å²) in [6, 6.07) is 9.89. The molecule has 2 saturated heterocycles. The summed E-state index contributed by atoms with van der Waals surface area (Å²) < 4.78 is 9.36. The SMILES string of the molecule is COC(=O)NC(C(=O)N1CCCC1C(=O)Nc1ccc(-c2ccc3nc(NC(=O)C4CCCN4C(=O)C(NC(=O)OC)C(C)C)ncc3c2)cc1)C(C)C. The molecule has 1 aromatic heterocycles. The molecule has 0 radical (unpaired) electrons. The lowest BCUT2D eigenvalue weighted by Gasteiger charge is -2.30. The van der Waals surface area contributed by atoms with E-state index in [1.807, 2.05) is 58.0 Å². The minimum absolute atomic E-state index is 0.106. The van der Waals surface area contributed by atoms with Crippen molar-refractivity contribution >= 4 is 58.4 Å². The molecule has 2 aromatic carbocycles. The average Bonchev–Trinajstić information content (AvgIpc) is 3.86. The van der Waals surface area contributed by atoms with Gasteiger partial charge in [0.15, 0.2) is 0 Å². The first-order valence-corrected chi connectivity index (χ1v) is 18.1. The van der Waals surface area contributed by atoms with Crippen LogP contribution in [-0.2, 0) is 28.7 Å². The summed E-state index contributed by atoms with van der Waals surface area (Å²) in [5.41, 5.74) is 2.94. The molecule has 4 unspecified atom stereocenters. The summed E-state index contributed by atoms with van der Waals surface area (Å²) in [4.78, 5) is 88.9. The molecular weight excluding hydrogens is 696 g/mol. The van der Waals surface area contributed by atoms with Crippen molar-refractivity contribution < 1.29 is 38.2 Å². The standard InChI is InChI=1S/C38H48N8O8/c1-21(2)30(42-37(51)53-5)34(49)45-17-7-9-28(45)32(47)40-26-14-11-23(12-15-26)24-13-16-27-25(19-24)20-39-36(41-27)44-33(48)29-10-8-18-46(29)35(50)31(22(3)4)43-38(52)54-6/h11-16,19-22,28-31H,7-10,17-18H2,1-6H3,(H,40,47)(H,42,51)(H,43,52)(H,39,41,44,48). The summed E-state index contributed by atoms with van der Waals surface area (Å²) in [6.45, 7) is 8.05. The van der Waals surface area contributed by atoms with Crippen LogP contribution in [0, 0.1) is 11.8 Å². The van der Waals surface area contributed by atoms with E-state index < -0.39 is 42.3 Å². The fourth-order valence-corrected chi connectivity index (χ4v) is 6.80. The van der Waals surface area contributed by atoms with E-state index in [1.165, 1.54) is 24.0 Å². The molecule has 5 rings (SSSR count). The molecule has 2 fully saturated rings. The molecular formula is C38H48N8O8. The highest BCUT2D eigenvalue weighted by molar-refractivity contribution is 6.00. The smallest absolute Gasteiger partial charge is 0.407 e. The first kappa shape index (κ1) is 39.4. The second-order valence-corrected chi connectivity index (χ2v) is 14.1. The van der Waals surface area contributed by atoms with Crippen LogP contribution in [-0.4, -0.2) is 107 Å². The van der Waals surface area contributed by atoms with E-state index >= 15 is 0 Å². The second-order valence-electron chi connectivity index (χ2n) is 14.1. The van der Waals surface area contributed by atoms with Crippen LogP contribution >= 0.6 is 0 Å². The molecule has 0 bridgehead atoms. The molecule has 2 aliphatic rings. The minimum Gasteiger partial charge on any atom is -0.453 e. The van der Waals surface area contributed by atoms with E-state index in [0.29, 0.717) is 50.0 Å². The Labute approximate surface area is 313 Å². The number of ether oxygens (including phenoxy) is 2. The molecule has 16 heteroatoms. The number of aromatic nitrogens is 2. The Balaban J connectivity index is 1.21. The maximum Gasteiger partial charge on any atom is 0.407 e. The van der Waals surface area contributed by atoms with Gasteiger partial charge in [0, 0.05) is 30.4 Å². The third-order valence-corrected chi connectivity index (χ3v) is 9.76. The molecule has 288 valence electrons. The largest absolute Gasteiger partial charge is 0.453 e. The van der Waals surface area contributed by atoms with Crippen molar-refractivity contribution in [2.24, 2.45) is 11.8 Å². The second kappa shape index (κ2) is 17.4. The molecule has 4 atom stereocenters. The zero-order valence-corrected chi connectivity index (χ0v) is 31.4. The van der Waals surface area contributed by atoms with Gasteiger partial charge in [0.25, 0.3) is 0 Å². The van der Waals surface area contributed by atoms with E-state index in [0.717, 1.165) is 16.5 Å². The quantitative estimate of drug-likeness (QED) is 0.223. The van der Waals surface area contributed by atoms with E-state index in [4.69, 9.17) is 0 Å². The van der Waals surface area contributed by atoms with Crippen LogP contribution in [0.1, 0.15) is 53.4 Å². The molecule has 2 aliphatic heterocycles. The molecule has 0 aliphatic carbocycles. The van der Waals surface area contributed by atoms with Gasteiger partial charge in [0.05, 0.1) is 19.7 Å². The van der Waals surface area contributed by atoms with E-state index in [-0.39, 0.29) is 35.5 Å². The molecule has 54 heavy (non-hydrogen) atoms. The Morgan fingerprint density at radius 1 is 0.704 bits per heavy atom. The summed E-state index contributed by atoms with van der Waals surface area (Å²) in [5, 5.41) is 11.6. The fraction of sp³-hybridized carbons (Fsp3) is 0.474. The predicted octanol–water partition coefficient (Wildman–Crippen LogP) is 3.92. The lowest BCUT2D eigenvalue weighted by atomic mass is 10.0. The van der Waals surface area contributed by atoms with Crippen molar-refractivity contribution in [2.45, 2.75) is 77.5 Å². The number of methoxy groups -OCH3 is 2. The van der Waals surface area contributed by atoms with Gasteiger partial charge in [0.2, 0.25) is 29.6 Å². The van der Waals surface area contributed by atoms with Crippen molar-refractivity contribution in [3.8, 4) is 11.1 Å². The molecule has 0 saturated carbocycles. The Bertz CT molecular complexity index is 1880. The number of carbonyl (C=O) groups is 6. The lowest BCUT2D eigenvalue weighted by Crippen LogP contribution is -2.54. The third-order valence-electron chi connectivity index (χ3n) is 9.76. The number of amides is 6. The molecule has 3 heterocycles. The predicted molar refractivity (Wildman–Crippen MR) is 200 cm³/mol. The maximum absolute atomic E-state index is 13.4. The monoisotopic (exact) mass is 744 g/mol. The highest BCUT2D eigenvalue weighted by Gasteiger charge is 2.40. The Hall–Kier alpha value is -5.80. The number of benzene rings is 2. The summed E-state index contributed by atoms with van der Waals surface area (Å²) in [7, 11) is 2.46. The Kier molecular flexibility index (Phi) is 12.7. The number of fused-ring (bicyclic) bond motifs is 1. The van der Waals surface area contributed by atoms with Crippen LogP contribution in [0.2, 0.25) is 0 Å². The normalized spacial score (nSPS) is 17.9. The van der Waals surface area contributed by atoms with Gasteiger partial charge in [-0.15, -0.1) is 0 Å². The van der Waals surface area contributed by atoms with Crippen molar-refractivity contribution in [1.29, 1.82) is 0 Å². The number of hydrogen-bond donors (Lipinski definition) is 4. The zero-order valence-electron chi connectivity index (χ0n) is 31.4. The number of rotatable bonds is 11. The number of carbonyl (C=O) groups excluding carboxylic acids is 6. The van der Waals surface area contributed by atoms with Crippen LogP contribution < -0.4 is 21.3 Å². The summed E-state index contributed by atoms with van der Waals surface area (Å²) in [5.74, 6) is -1.70. The van der Waals surface area contributed by atoms with Gasteiger partial charge in [-0.1, -0.05) is 45.9 Å². The summed E-state index contributed by atoms with van der Waals surface area (Å²) >= 11 is 0. The highest BCUT2D eigenvalue weighted by atomic mass is 16.5. The van der Waals surface area contributed by atoms with Gasteiger partial charge in [-0.2, -0.15) is 0 Å². The van der Waals surface area contributed by atoms with Gasteiger partial charge in [-0.3, -0.25) is 24.5 Å². The molecule has 0 spiro atoms. The lowest BCUT2D eigenvalue weighted by molar-refractivity contribution is -0.139. The van der Waals surface area contributed by atoms with E-state index in [1.54, 1.807) is 18.3 Å². The van der Waals surface area contributed by atoms with Crippen LogP contribution in [0.4, 0.5) is 21.2 Å². The third kappa shape index (κ3) is 9.04. The van der Waals surface area contributed by atoms with Crippen LogP contribution in [0.3, 0.4) is 0 Å². The Morgan fingerprint density at radius 2 is 1.20 bits per heavy atom. The zero-order chi connectivity index (χ0) is 39.1. The number of nitrogens with one attached hydrogen (secondary N) is 4. The molecule has 16 nitrogen and oxygen atoms in total. The summed E-state index contributed by atoms with van der Waals surface area (Å²) in [6.07, 6.45) is 2.48. The number of hydrogen-bond acceptors (Lipinski definition) is 10. The average molecular weight is 745 g/mol. The van der Waals surface area contributed by atoms with Crippen LogP contribution in [0.15, 0.2) is 48.7 Å². The van der Waals surface area contributed by atoms with Crippen molar-refractivity contribution in [1.82, 2.24) is 30.4 Å². The first-order valence-electron chi connectivity index (χ1n) is 18.1. The maximum atomic E-state index is 13.4. The highest BCUT2D eigenvalue weighted by Crippen LogP contribution is 2.27. The van der Waals surface area contributed by atoms with Gasteiger partial charge in [-0.25, -0.2) is 19.6 Å². The number of nitrogens with zero attached hydrogens (tertiary/aromatic N) is 4. The van der Waals surface area contributed by atoms with Crippen LogP contribution in [0.5, 0.6) is 0 Å². The van der Waals surface area contributed by atoms with Gasteiger partial charge >= 0.3 is 12.2 Å². The minimum atomic E-state index is -0.839. The first-order chi connectivity index (χ1) is 25.8. The number of anilines is 2. The molecule has 6 amide bonds. The fourth-order valence-electron chi connectivity index (χ4n) is 6.80. The number of alkyl carbamates (subject to hydrolysis) is 2. The van der Waals surface area contributed by atoms with Crippen molar-refractivity contribution in [3.63, 3.8) is 0 Å². The van der Waals surface area contributed by atoms with E-state index in [9.17, 15) is 28.8 Å². The number of likely N-dealkylation sites (tertiary alicyclic amines) is 2. The topological polar surface area (TPSA) is 201 Å².